The average Bonchev–Trinajstić information content (AvgIpc) is 2.69. The number of anilines is 1. The second-order valence-corrected chi connectivity index (χ2v) is 6.12. The second-order valence-electron chi connectivity index (χ2n) is 6.12. The molecule has 0 bridgehead atoms. The second kappa shape index (κ2) is 7.77. The summed E-state index contributed by atoms with van der Waals surface area (Å²) in [5.41, 5.74) is 0.581. The summed E-state index contributed by atoms with van der Waals surface area (Å²) < 4.78 is 0. The average molecular weight is 352 g/mol. The highest BCUT2D eigenvalue weighted by Crippen LogP contribution is 2.28. The molecule has 0 radical (unpaired) electrons. The van der Waals surface area contributed by atoms with E-state index < -0.39 is 5.91 Å². The first-order valence-electron chi connectivity index (χ1n) is 8.41. The van der Waals surface area contributed by atoms with Gasteiger partial charge in [-0.2, -0.15) is 0 Å². The lowest BCUT2D eigenvalue weighted by Gasteiger charge is -2.32. The largest absolute Gasteiger partial charge is 0.506 e. The molecule has 0 aliphatic carbocycles. The summed E-state index contributed by atoms with van der Waals surface area (Å²) in [6.45, 7) is 4.56. The highest BCUT2D eigenvalue weighted by molar-refractivity contribution is 6.02. The van der Waals surface area contributed by atoms with Crippen LogP contribution in [0.4, 0.5) is 5.69 Å². The third-order valence-electron chi connectivity index (χ3n) is 4.35. The van der Waals surface area contributed by atoms with E-state index in [0.29, 0.717) is 18.7 Å². The van der Waals surface area contributed by atoms with E-state index in [0.717, 1.165) is 24.7 Å². The van der Waals surface area contributed by atoms with E-state index in [1.54, 1.807) is 29.4 Å². The molecule has 1 fully saturated rings. The van der Waals surface area contributed by atoms with E-state index >= 15 is 0 Å². The number of hydrogen-bond acceptors (Lipinski definition) is 5. The van der Waals surface area contributed by atoms with Gasteiger partial charge in [0.2, 0.25) is 5.91 Å². The zero-order valence-electron chi connectivity index (χ0n) is 14.3. The Labute approximate surface area is 151 Å². The maximum absolute atomic E-state index is 12.9. The summed E-state index contributed by atoms with van der Waals surface area (Å²) in [7, 11) is 0. The molecule has 7 nitrogen and oxygen atoms in total. The zero-order valence-corrected chi connectivity index (χ0v) is 14.3. The molecule has 1 saturated heterocycles. The number of phenols is 1. The van der Waals surface area contributed by atoms with Crippen LogP contribution in [0, 0.1) is 0 Å². The van der Waals surface area contributed by atoms with Crippen molar-refractivity contribution in [2.45, 2.75) is 18.8 Å². The number of hydrogen-bond donors (Lipinski definition) is 2. The minimum absolute atomic E-state index is 0.103. The van der Waals surface area contributed by atoms with Crippen molar-refractivity contribution in [3.8, 4) is 5.75 Å². The zero-order chi connectivity index (χ0) is 18.5. The molecule has 1 atom stereocenters. The minimum atomic E-state index is -0.454. The van der Waals surface area contributed by atoms with Crippen LogP contribution in [0.1, 0.15) is 34.9 Å². The number of aromatic hydroxyl groups is 1. The summed E-state index contributed by atoms with van der Waals surface area (Å²) >= 11 is 0. The van der Waals surface area contributed by atoms with Crippen LogP contribution in [-0.2, 0) is 4.79 Å². The molecule has 1 unspecified atom stereocenters. The lowest BCUT2D eigenvalue weighted by atomic mass is 9.96. The van der Waals surface area contributed by atoms with Gasteiger partial charge in [0.05, 0.1) is 5.69 Å². The molecule has 7 heteroatoms. The quantitative estimate of drug-likeness (QED) is 0.650. The van der Waals surface area contributed by atoms with Crippen molar-refractivity contribution < 1.29 is 14.7 Å². The molecule has 2 aromatic rings. The molecule has 1 aromatic heterocycles. The number of phenolic OH excluding ortho intramolecular Hbond substituents is 1. The van der Waals surface area contributed by atoms with Gasteiger partial charge in [0.25, 0.3) is 5.91 Å². The molecule has 0 saturated carbocycles. The third kappa shape index (κ3) is 3.88. The molecule has 3 rings (SSSR count). The Morgan fingerprint density at radius 2 is 2.08 bits per heavy atom. The Bertz CT molecular complexity index is 823. The summed E-state index contributed by atoms with van der Waals surface area (Å²) in [5.74, 6) is 0.135. The van der Waals surface area contributed by atoms with Crippen molar-refractivity contribution in [1.29, 1.82) is 0 Å². The van der Waals surface area contributed by atoms with E-state index in [2.05, 4.69) is 21.9 Å². The number of rotatable bonds is 4. The lowest BCUT2D eigenvalue weighted by molar-refractivity contribution is -0.111. The molecule has 2 N–H and O–H groups in total. The standard InChI is InChI=1S/C19H20N4O3/c1-2-17(25)22-15-11-13(6-7-16(15)24)19(26)23-10-3-5-14(12-23)18-20-8-4-9-21-18/h2,4,6-9,11,14,24H,1,3,5,10,12H2,(H,22,25). The monoisotopic (exact) mass is 352 g/mol. The fourth-order valence-electron chi connectivity index (χ4n) is 3.03. The first-order chi connectivity index (χ1) is 12.6. The Morgan fingerprint density at radius 1 is 1.31 bits per heavy atom. The molecular formula is C19H20N4O3. The van der Waals surface area contributed by atoms with Gasteiger partial charge in [0.1, 0.15) is 11.6 Å². The molecule has 1 aliphatic rings. The number of nitrogens with one attached hydrogen (secondary N) is 1. The van der Waals surface area contributed by atoms with Gasteiger partial charge in [-0.15, -0.1) is 0 Å². The lowest BCUT2D eigenvalue weighted by Crippen LogP contribution is -2.39. The molecule has 26 heavy (non-hydrogen) atoms. The highest BCUT2D eigenvalue weighted by Gasteiger charge is 2.27. The number of aromatic nitrogens is 2. The van der Waals surface area contributed by atoms with E-state index in [9.17, 15) is 14.7 Å². The van der Waals surface area contributed by atoms with E-state index in [1.807, 2.05) is 0 Å². The van der Waals surface area contributed by atoms with Crippen molar-refractivity contribution in [3.05, 3.63) is 60.7 Å². The number of likely N-dealkylation sites (tertiary alicyclic amines) is 1. The fraction of sp³-hybridized carbons (Fsp3) is 0.263. The number of amides is 2. The molecule has 0 spiro atoms. The summed E-state index contributed by atoms with van der Waals surface area (Å²) in [6, 6.07) is 6.18. The van der Waals surface area contributed by atoms with Crippen LogP contribution in [0.5, 0.6) is 5.75 Å². The van der Waals surface area contributed by atoms with Crippen molar-refractivity contribution >= 4 is 17.5 Å². The Kier molecular flexibility index (Phi) is 5.26. The minimum Gasteiger partial charge on any atom is -0.506 e. The third-order valence-corrected chi connectivity index (χ3v) is 4.35. The number of benzene rings is 1. The predicted octanol–water partition coefficient (Wildman–Crippen LogP) is 2.33. The summed E-state index contributed by atoms with van der Waals surface area (Å²) in [5, 5.41) is 12.4. The molecule has 1 aliphatic heterocycles. The van der Waals surface area contributed by atoms with Gasteiger partial charge in [0, 0.05) is 37.0 Å². The van der Waals surface area contributed by atoms with Crippen LogP contribution in [0.25, 0.3) is 0 Å². The van der Waals surface area contributed by atoms with Gasteiger partial charge in [-0.05, 0) is 43.2 Å². The predicted molar refractivity (Wildman–Crippen MR) is 96.8 cm³/mol. The molecule has 134 valence electrons. The van der Waals surface area contributed by atoms with Crippen LogP contribution in [0.15, 0.2) is 49.3 Å². The van der Waals surface area contributed by atoms with E-state index in [-0.39, 0.29) is 23.3 Å². The van der Waals surface area contributed by atoms with Gasteiger partial charge in [-0.25, -0.2) is 9.97 Å². The number of nitrogens with zero attached hydrogens (tertiary/aromatic N) is 3. The normalized spacial score (nSPS) is 16.8. The maximum atomic E-state index is 12.9. The highest BCUT2D eigenvalue weighted by atomic mass is 16.3. The van der Waals surface area contributed by atoms with Crippen molar-refractivity contribution in [3.63, 3.8) is 0 Å². The Balaban J connectivity index is 1.77. The first-order valence-corrected chi connectivity index (χ1v) is 8.41. The van der Waals surface area contributed by atoms with Crippen LogP contribution >= 0.6 is 0 Å². The molecule has 2 heterocycles. The smallest absolute Gasteiger partial charge is 0.253 e. The molecule has 1 aromatic carbocycles. The maximum Gasteiger partial charge on any atom is 0.253 e. The number of carbonyl (C=O) groups is 2. The SMILES string of the molecule is C=CC(=O)Nc1cc(C(=O)N2CCCC(c3ncccn3)C2)ccc1O. The van der Waals surface area contributed by atoms with E-state index in [1.165, 1.54) is 12.1 Å². The van der Waals surface area contributed by atoms with Crippen molar-refractivity contribution in [2.24, 2.45) is 0 Å². The Morgan fingerprint density at radius 3 is 2.81 bits per heavy atom. The van der Waals surface area contributed by atoms with Crippen LogP contribution in [-0.4, -0.2) is 44.9 Å². The van der Waals surface area contributed by atoms with Crippen LogP contribution in [0.3, 0.4) is 0 Å². The van der Waals surface area contributed by atoms with Crippen LogP contribution in [0.2, 0.25) is 0 Å². The van der Waals surface area contributed by atoms with Gasteiger partial charge >= 0.3 is 0 Å². The fourth-order valence-corrected chi connectivity index (χ4v) is 3.03. The number of piperidine rings is 1. The van der Waals surface area contributed by atoms with Gasteiger partial charge in [0.15, 0.2) is 0 Å². The van der Waals surface area contributed by atoms with Crippen molar-refractivity contribution in [1.82, 2.24) is 14.9 Å². The van der Waals surface area contributed by atoms with Gasteiger partial charge in [-0.3, -0.25) is 9.59 Å². The first kappa shape index (κ1) is 17.6. The summed E-state index contributed by atoms with van der Waals surface area (Å²) in [6.07, 6.45) is 6.31. The van der Waals surface area contributed by atoms with E-state index in [4.69, 9.17) is 0 Å². The Hall–Kier alpha value is -3.22. The number of carbonyl (C=O) groups excluding carboxylic acids is 2. The van der Waals surface area contributed by atoms with Crippen LogP contribution < -0.4 is 5.32 Å². The topological polar surface area (TPSA) is 95.4 Å². The van der Waals surface area contributed by atoms with Gasteiger partial charge in [-0.1, -0.05) is 6.58 Å². The summed E-state index contributed by atoms with van der Waals surface area (Å²) in [4.78, 5) is 34.7. The molecule has 2 amide bonds. The van der Waals surface area contributed by atoms with Crippen molar-refractivity contribution in [2.75, 3.05) is 18.4 Å². The molecular weight excluding hydrogens is 332 g/mol. The van der Waals surface area contributed by atoms with Gasteiger partial charge < -0.3 is 15.3 Å².